The third-order valence-electron chi connectivity index (χ3n) is 2.12. The van der Waals surface area contributed by atoms with Crippen molar-refractivity contribution in [2.24, 2.45) is 0 Å². The second-order valence-corrected chi connectivity index (χ2v) is 3.83. The van der Waals surface area contributed by atoms with Gasteiger partial charge in [0.05, 0.1) is 0 Å². The first-order valence-electron chi connectivity index (χ1n) is 4.02. The van der Waals surface area contributed by atoms with Crippen molar-refractivity contribution in [2.75, 3.05) is 27.2 Å². The van der Waals surface area contributed by atoms with Crippen LogP contribution in [-0.4, -0.2) is 37.6 Å². The van der Waals surface area contributed by atoms with Crippen LogP contribution in [0, 0.1) is 0 Å². The SMILES string of the molecule is CN(C)CC1(C)CCCN1. The van der Waals surface area contributed by atoms with Gasteiger partial charge in [0.25, 0.3) is 0 Å². The Labute approximate surface area is 63.6 Å². The Bertz CT molecular complexity index is 104. The summed E-state index contributed by atoms with van der Waals surface area (Å²) in [7, 11) is 4.26. The first-order valence-corrected chi connectivity index (χ1v) is 4.02. The zero-order chi connectivity index (χ0) is 7.61. The molecule has 0 saturated carbocycles. The van der Waals surface area contributed by atoms with Crippen LogP contribution in [-0.2, 0) is 0 Å². The zero-order valence-electron chi connectivity index (χ0n) is 7.28. The van der Waals surface area contributed by atoms with Gasteiger partial charge in [0.15, 0.2) is 0 Å². The van der Waals surface area contributed by atoms with E-state index in [2.05, 4.69) is 31.2 Å². The molecule has 1 heterocycles. The van der Waals surface area contributed by atoms with E-state index >= 15 is 0 Å². The van der Waals surface area contributed by atoms with Gasteiger partial charge in [-0.1, -0.05) is 0 Å². The Hall–Kier alpha value is -0.0800. The van der Waals surface area contributed by atoms with Crippen molar-refractivity contribution in [2.45, 2.75) is 25.3 Å². The molecule has 2 heteroatoms. The summed E-state index contributed by atoms with van der Waals surface area (Å²) in [6.45, 7) is 4.66. The monoisotopic (exact) mass is 142 g/mol. The van der Waals surface area contributed by atoms with Crippen molar-refractivity contribution in [3.05, 3.63) is 0 Å². The largest absolute Gasteiger partial charge is 0.310 e. The predicted molar refractivity (Wildman–Crippen MR) is 44.2 cm³/mol. The molecule has 0 spiro atoms. The number of nitrogens with zero attached hydrogens (tertiary/aromatic N) is 1. The number of hydrogen-bond acceptors (Lipinski definition) is 2. The van der Waals surface area contributed by atoms with Crippen LogP contribution in [0.1, 0.15) is 19.8 Å². The van der Waals surface area contributed by atoms with Crippen LogP contribution in [0.3, 0.4) is 0 Å². The van der Waals surface area contributed by atoms with E-state index in [9.17, 15) is 0 Å². The second-order valence-electron chi connectivity index (χ2n) is 3.83. The molecule has 1 N–H and O–H groups in total. The van der Waals surface area contributed by atoms with Gasteiger partial charge in [-0.3, -0.25) is 0 Å². The summed E-state index contributed by atoms with van der Waals surface area (Å²) >= 11 is 0. The van der Waals surface area contributed by atoms with Crippen molar-refractivity contribution in [3.8, 4) is 0 Å². The molecule has 1 aliphatic rings. The predicted octanol–water partition coefficient (Wildman–Crippen LogP) is 0.690. The van der Waals surface area contributed by atoms with Crippen molar-refractivity contribution in [3.63, 3.8) is 0 Å². The minimum Gasteiger partial charge on any atom is -0.310 e. The standard InChI is InChI=1S/C8H18N2/c1-8(7-10(2)3)5-4-6-9-8/h9H,4-7H2,1-3H3. The van der Waals surface area contributed by atoms with Gasteiger partial charge in [0.1, 0.15) is 0 Å². The van der Waals surface area contributed by atoms with E-state index in [-0.39, 0.29) is 0 Å². The molecule has 1 fully saturated rings. The van der Waals surface area contributed by atoms with Gasteiger partial charge in [-0.2, -0.15) is 0 Å². The first-order chi connectivity index (χ1) is 4.62. The maximum atomic E-state index is 3.52. The van der Waals surface area contributed by atoms with Crippen molar-refractivity contribution in [1.29, 1.82) is 0 Å². The van der Waals surface area contributed by atoms with Crippen LogP contribution in [0.4, 0.5) is 0 Å². The molecule has 0 bridgehead atoms. The summed E-state index contributed by atoms with van der Waals surface area (Å²) in [5, 5.41) is 3.52. The van der Waals surface area contributed by atoms with Gasteiger partial charge in [0.2, 0.25) is 0 Å². The Morgan fingerprint density at radius 2 is 2.20 bits per heavy atom. The molecule has 10 heavy (non-hydrogen) atoms. The summed E-state index contributed by atoms with van der Waals surface area (Å²) in [6.07, 6.45) is 2.66. The third-order valence-corrected chi connectivity index (χ3v) is 2.12. The lowest BCUT2D eigenvalue weighted by atomic mass is 10.0. The van der Waals surface area contributed by atoms with E-state index in [4.69, 9.17) is 0 Å². The smallest absolute Gasteiger partial charge is 0.0280 e. The molecule has 0 aliphatic carbocycles. The molecule has 0 aromatic heterocycles. The molecule has 1 aliphatic heterocycles. The zero-order valence-corrected chi connectivity index (χ0v) is 7.28. The van der Waals surface area contributed by atoms with Crippen molar-refractivity contribution >= 4 is 0 Å². The molecule has 1 atom stereocenters. The van der Waals surface area contributed by atoms with E-state index in [1.807, 2.05) is 0 Å². The van der Waals surface area contributed by atoms with Gasteiger partial charge < -0.3 is 10.2 Å². The lowest BCUT2D eigenvalue weighted by molar-refractivity contribution is 0.276. The van der Waals surface area contributed by atoms with Crippen LogP contribution >= 0.6 is 0 Å². The Kier molecular flexibility index (Phi) is 2.32. The fourth-order valence-electron chi connectivity index (χ4n) is 1.79. The average molecular weight is 142 g/mol. The summed E-state index contributed by atoms with van der Waals surface area (Å²) in [4.78, 5) is 2.25. The van der Waals surface area contributed by atoms with Gasteiger partial charge in [-0.25, -0.2) is 0 Å². The fourth-order valence-corrected chi connectivity index (χ4v) is 1.79. The molecule has 0 aromatic carbocycles. The molecule has 1 rings (SSSR count). The molecule has 1 saturated heterocycles. The lowest BCUT2D eigenvalue weighted by Gasteiger charge is -2.27. The Balaban J connectivity index is 2.36. The molecule has 0 radical (unpaired) electrons. The van der Waals surface area contributed by atoms with Gasteiger partial charge in [-0.05, 0) is 40.4 Å². The van der Waals surface area contributed by atoms with Gasteiger partial charge in [-0.15, -0.1) is 0 Å². The quantitative estimate of drug-likeness (QED) is 0.610. The highest BCUT2D eigenvalue weighted by atomic mass is 15.1. The van der Waals surface area contributed by atoms with E-state index in [1.165, 1.54) is 19.4 Å². The minimum absolute atomic E-state index is 0.392. The van der Waals surface area contributed by atoms with Gasteiger partial charge >= 0.3 is 0 Å². The molecule has 0 aromatic rings. The highest BCUT2D eigenvalue weighted by molar-refractivity contribution is 4.90. The number of rotatable bonds is 2. The summed E-state index contributed by atoms with van der Waals surface area (Å²) in [5.74, 6) is 0. The maximum Gasteiger partial charge on any atom is 0.0280 e. The molecule has 0 amide bonds. The Morgan fingerprint density at radius 1 is 1.50 bits per heavy atom. The topological polar surface area (TPSA) is 15.3 Å². The van der Waals surface area contributed by atoms with E-state index in [1.54, 1.807) is 0 Å². The second kappa shape index (κ2) is 2.89. The van der Waals surface area contributed by atoms with Crippen LogP contribution in [0.15, 0.2) is 0 Å². The third kappa shape index (κ3) is 1.96. The molecule has 60 valence electrons. The summed E-state index contributed by atoms with van der Waals surface area (Å²) in [6, 6.07) is 0. The number of hydrogen-bond donors (Lipinski definition) is 1. The van der Waals surface area contributed by atoms with Crippen LogP contribution in [0.25, 0.3) is 0 Å². The number of likely N-dealkylation sites (N-methyl/N-ethyl adjacent to an activating group) is 1. The maximum absolute atomic E-state index is 3.52. The highest BCUT2D eigenvalue weighted by Crippen LogP contribution is 2.18. The normalized spacial score (nSPS) is 33.6. The van der Waals surface area contributed by atoms with Crippen LogP contribution in [0.2, 0.25) is 0 Å². The number of nitrogens with one attached hydrogen (secondary N) is 1. The van der Waals surface area contributed by atoms with Crippen molar-refractivity contribution in [1.82, 2.24) is 10.2 Å². The highest BCUT2D eigenvalue weighted by Gasteiger charge is 2.27. The van der Waals surface area contributed by atoms with Gasteiger partial charge in [0, 0.05) is 12.1 Å². The summed E-state index contributed by atoms with van der Waals surface area (Å²) < 4.78 is 0. The molecular formula is C8H18N2. The average Bonchev–Trinajstić information content (AvgIpc) is 2.12. The van der Waals surface area contributed by atoms with Crippen molar-refractivity contribution < 1.29 is 0 Å². The minimum atomic E-state index is 0.392. The van der Waals surface area contributed by atoms with E-state index in [0.29, 0.717) is 5.54 Å². The summed E-state index contributed by atoms with van der Waals surface area (Å²) in [5.41, 5.74) is 0.392. The fraction of sp³-hybridized carbons (Fsp3) is 1.00. The Morgan fingerprint density at radius 3 is 2.60 bits per heavy atom. The lowest BCUT2D eigenvalue weighted by Crippen LogP contribution is -2.45. The molecule has 2 nitrogen and oxygen atoms in total. The van der Waals surface area contributed by atoms with E-state index < -0.39 is 0 Å². The van der Waals surface area contributed by atoms with Crippen LogP contribution < -0.4 is 5.32 Å². The van der Waals surface area contributed by atoms with E-state index in [0.717, 1.165) is 6.54 Å². The first kappa shape index (κ1) is 8.02. The molecule has 1 unspecified atom stereocenters. The van der Waals surface area contributed by atoms with Crippen LogP contribution in [0.5, 0.6) is 0 Å². The molecular weight excluding hydrogens is 124 g/mol.